The number of rotatable bonds is 2. The maximum atomic E-state index is 10.9. The van der Waals surface area contributed by atoms with Crippen molar-refractivity contribution in [3.05, 3.63) is 29.8 Å². The van der Waals surface area contributed by atoms with Crippen molar-refractivity contribution in [2.24, 2.45) is 0 Å². The van der Waals surface area contributed by atoms with Gasteiger partial charge in [0.1, 0.15) is 0 Å². The van der Waals surface area contributed by atoms with Crippen LogP contribution in [0, 0.1) is 0 Å². The molecule has 17 heavy (non-hydrogen) atoms. The molecule has 2 rings (SSSR count). The van der Waals surface area contributed by atoms with Gasteiger partial charge >= 0.3 is 0 Å². The first-order valence-corrected chi connectivity index (χ1v) is 6.63. The number of anilines is 1. The Labute approximate surface area is 104 Å². The molecule has 0 bridgehead atoms. The Balaban J connectivity index is 2.37. The van der Waals surface area contributed by atoms with E-state index in [4.69, 9.17) is 0 Å². The Morgan fingerprint density at radius 2 is 1.59 bits per heavy atom. The van der Waals surface area contributed by atoms with Crippen molar-refractivity contribution < 1.29 is 5.11 Å². The molecule has 0 aliphatic heterocycles. The summed E-state index contributed by atoms with van der Waals surface area (Å²) in [7, 11) is 4.08. The molecule has 0 saturated heterocycles. The van der Waals surface area contributed by atoms with E-state index in [1.165, 1.54) is 12.8 Å². The lowest BCUT2D eigenvalue weighted by Crippen LogP contribution is -2.27. The van der Waals surface area contributed by atoms with Gasteiger partial charge in [-0.3, -0.25) is 0 Å². The smallest absolute Gasteiger partial charge is 0.0916 e. The summed E-state index contributed by atoms with van der Waals surface area (Å²) in [5.74, 6) is 0. The largest absolute Gasteiger partial charge is 0.385 e. The van der Waals surface area contributed by atoms with Gasteiger partial charge in [-0.1, -0.05) is 43.9 Å². The van der Waals surface area contributed by atoms with Crippen molar-refractivity contribution in [1.82, 2.24) is 0 Å². The van der Waals surface area contributed by atoms with Crippen molar-refractivity contribution in [3.63, 3.8) is 0 Å². The van der Waals surface area contributed by atoms with Gasteiger partial charge < -0.3 is 10.0 Å². The van der Waals surface area contributed by atoms with Gasteiger partial charge in [0, 0.05) is 25.3 Å². The first-order valence-electron chi connectivity index (χ1n) is 6.63. The molecule has 0 aromatic heterocycles. The lowest BCUT2D eigenvalue weighted by molar-refractivity contribution is 0.0212. The first kappa shape index (κ1) is 12.4. The van der Waals surface area contributed by atoms with Crippen LogP contribution in [0.25, 0.3) is 0 Å². The molecule has 0 heterocycles. The second-order valence-electron chi connectivity index (χ2n) is 5.36. The molecule has 2 nitrogen and oxygen atoms in total. The SMILES string of the molecule is CN(C)c1ccccc1C1(O)CCCCCC1. The molecule has 1 N–H and O–H groups in total. The highest BCUT2D eigenvalue weighted by molar-refractivity contribution is 5.55. The molecule has 0 atom stereocenters. The highest BCUT2D eigenvalue weighted by atomic mass is 16.3. The fraction of sp³-hybridized carbons (Fsp3) is 0.600. The zero-order valence-electron chi connectivity index (χ0n) is 10.9. The van der Waals surface area contributed by atoms with Gasteiger partial charge in [0.2, 0.25) is 0 Å². The molecule has 0 spiro atoms. The Bertz CT molecular complexity index is 365. The van der Waals surface area contributed by atoms with Crippen LogP contribution in [-0.2, 0) is 5.60 Å². The molecule has 1 fully saturated rings. The maximum Gasteiger partial charge on any atom is 0.0916 e. The predicted octanol–water partition coefficient (Wildman–Crippen LogP) is 3.29. The number of aliphatic hydroxyl groups is 1. The number of nitrogens with zero attached hydrogens (tertiary/aromatic N) is 1. The van der Waals surface area contributed by atoms with E-state index < -0.39 is 5.60 Å². The Morgan fingerprint density at radius 3 is 2.18 bits per heavy atom. The third-order valence-corrected chi connectivity index (χ3v) is 3.82. The quantitative estimate of drug-likeness (QED) is 0.792. The van der Waals surface area contributed by atoms with Gasteiger partial charge in [-0.05, 0) is 18.9 Å². The number of hydrogen-bond donors (Lipinski definition) is 1. The minimum atomic E-state index is -0.614. The molecule has 1 aromatic rings. The molecule has 1 aliphatic rings. The summed E-state index contributed by atoms with van der Waals surface area (Å²) < 4.78 is 0. The van der Waals surface area contributed by atoms with E-state index >= 15 is 0 Å². The Kier molecular flexibility index (Phi) is 3.72. The minimum Gasteiger partial charge on any atom is -0.385 e. The van der Waals surface area contributed by atoms with Crippen molar-refractivity contribution in [1.29, 1.82) is 0 Å². The fourth-order valence-electron chi connectivity index (χ4n) is 2.84. The molecule has 1 saturated carbocycles. The lowest BCUT2D eigenvalue weighted by atomic mass is 9.85. The average Bonchev–Trinajstić information content (AvgIpc) is 2.55. The second-order valence-corrected chi connectivity index (χ2v) is 5.36. The van der Waals surface area contributed by atoms with Crippen LogP contribution in [0.15, 0.2) is 24.3 Å². The van der Waals surface area contributed by atoms with Crippen LogP contribution in [0.3, 0.4) is 0 Å². The van der Waals surface area contributed by atoms with Gasteiger partial charge in [-0.15, -0.1) is 0 Å². The van der Waals surface area contributed by atoms with Crippen LogP contribution in [0.5, 0.6) is 0 Å². The van der Waals surface area contributed by atoms with Crippen LogP contribution in [0.2, 0.25) is 0 Å². The standard InChI is InChI=1S/C15H23NO/c1-16(2)14-10-6-5-9-13(14)15(17)11-7-3-4-8-12-15/h5-6,9-10,17H,3-4,7-8,11-12H2,1-2H3. The number of benzene rings is 1. The van der Waals surface area contributed by atoms with E-state index in [0.29, 0.717) is 0 Å². The topological polar surface area (TPSA) is 23.5 Å². The van der Waals surface area contributed by atoms with Crippen LogP contribution in [-0.4, -0.2) is 19.2 Å². The molecule has 0 radical (unpaired) electrons. The van der Waals surface area contributed by atoms with Crippen molar-refractivity contribution in [3.8, 4) is 0 Å². The Hall–Kier alpha value is -1.02. The summed E-state index contributed by atoms with van der Waals surface area (Å²) in [6.07, 6.45) is 6.59. The summed E-state index contributed by atoms with van der Waals surface area (Å²) in [5, 5.41) is 10.9. The number of hydrogen-bond acceptors (Lipinski definition) is 2. The fourth-order valence-corrected chi connectivity index (χ4v) is 2.84. The van der Waals surface area contributed by atoms with Gasteiger partial charge in [0.05, 0.1) is 5.60 Å². The van der Waals surface area contributed by atoms with Crippen LogP contribution < -0.4 is 4.90 Å². The molecule has 2 heteroatoms. The molecular formula is C15H23NO. The van der Waals surface area contributed by atoms with Gasteiger partial charge in [-0.2, -0.15) is 0 Å². The Morgan fingerprint density at radius 1 is 1.00 bits per heavy atom. The molecule has 94 valence electrons. The molecular weight excluding hydrogens is 210 g/mol. The zero-order valence-corrected chi connectivity index (χ0v) is 10.9. The third kappa shape index (κ3) is 2.63. The summed E-state index contributed by atoms with van der Waals surface area (Å²) in [4.78, 5) is 2.10. The monoisotopic (exact) mass is 233 g/mol. The van der Waals surface area contributed by atoms with Crippen molar-refractivity contribution in [2.45, 2.75) is 44.1 Å². The van der Waals surface area contributed by atoms with E-state index in [9.17, 15) is 5.11 Å². The van der Waals surface area contributed by atoms with Crippen molar-refractivity contribution >= 4 is 5.69 Å². The van der Waals surface area contributed by atoms with Crippen molar-refractivity contribution in [2.75, 3.05) is 19.0 Å². The summed E-state index contributed by atoms with van der Waals surface area (Å²) in [5.41, 5.74) is 1.64. The van der Waals surface area contributed by atoms with Crippen LogP contribution in [0.1, 0.15) is 44.1 Å². The van der Waals surface area contributed by atoms with E-state index in [1.807, 2.05) is 26.2 Å². The van der Waals surface area contributed by atoms with Gasteiger partial charge in [-0.25, -0.2) is 0 Å². The molecule has 0 amide bonds. The second kappa shape index (κ2) is 5.09. The van der Waals surface area contributed by atoms with E-state index in [2.05, 4.69) is 17.0 Å². The summed E-state index contributed by atoms with van der Waals surface area (Å²) in [6.45, 7) is 0. The number of para-hydroxylation sites is 1. The molecule has 1 aliphatic carbocycles. The van der Waals surface area contributed by atoms with E-state index in [0.717, 1.165) is 36.9 Å². The molecule has 1 aromatic carbocycles. The molecule has 0 unspecified atom stereocenters. The zero-order chi connectivity index (χ0) is 12.3. The van der Waals surface area contributed by atoms with Gasteiger partial charge in [0.15, 0.2) is 0 Å². The van der Waals surface area contributed by atoms with E-state index in [-0.39, 0.29) is 0 Å². The highest BCUT2D eigenvalue weighted by Gasteiger charge is 2.32. The first-order chi connectivity index (χ1) is 8.13. The predicted molar refractivity (Wildman–Crippen MR) is 72.4 cm³/mol. The van der Waals surface area contributed by atoms with E-state index in [1.54, 1.807) is 0 Å². The van der Waals surface area contributed by atoms with Crippen LogP contribution in [0.4, 0.5) is 5.69 Å². The summed E-state index contributed by atoms with van der Waals surface area (Å²) in [6, 6.07) is 8.25. The summed E-state index contributed by atoms with van der Waals surface area (Å²) >= 11 is 0. The lowest BCUT2D eigenvalue weighted by Gasteiger charge is -2.31. The van der Waals surface area contributed by atoms with Crippen LogP contribution >= 0.6 is 0 Å². The third-order valence-electron chi connectivity index (χ3n) is 3.82. The minimum absolute atomic E-state index is 0.614. The highest BCUT2D eigenvalue weighted by Crippen LogP contribution is 2.39. The van der Waals surface area contributed by atoms with Gasteiger partial charge in [0.25, 0.3) is 0 Å². The average molecular weight is 233 g/mol. The maximum absolute atomic E-state index is 10.9. The normalized spacial score (nSPS) is 19.7.